The molecule has 1 aliphatic rings. The first kappa shape index (κ1) is 17.6. The van der Waals surface area contributed by atoms with Crippen LogP contribution in [0.25, 0.3) is 0 Å². The lowest BCUT2D eigenvalue weighted by Crippen LogP contribution is -2.63. The molecule has 0 saturated carbocycles. The van der Waals surface area contributed by atoms with Crippen LogP contribution in [0.4, 0.5) is 26.3 Å². The first-order valence-corrected chi connectivity index (χ1v) is 6.59. The summed E-state index contributed by atoms with van der Waals surface area (Å²) in [5, 5.41) is 8.90. The van der Waals surface area contributed by atoms with Crippen molar-refractivity contribution in [1.82, 2.24) is 0 Å². The average molecular weight is 342 g/mol. The zero-order chi connectivity index (χ0) is 17.5. The zero-order valence-corrected chi connectivity index (χ0v) is 11.5. The molecule has 3 nitrogen and oxygen atoms in total. The van der Waals surface area contributed by atoms with Crippen LogP contribution in [-0.4, -0.2) is 35.6 Å². The molecule has 0 amide bonds. The quantitative estimate of drug-likeness (QED) is 0.678. The van der Waals surface area contributed by atoms with E-state index in [9.17, 15) is 31.1 Å². The van der Waals surface area contributed by atoms with Gasteiger partial charge in [-0.15, -0.1) is 0 Å². The van der Waals surface area contributed by atoms with Crippen LogP contribution >= 0.6 is 0 Å². The summed E-state index contributed by atoms with van der Waals surface area (Å²) in [5.74, 6) is -3.26. The van der Waals surface area contributed by atoms with Gasteiger partial charge in [-0.05, 0) is 24.0 Å². The average Bonchev–Trinajstić information content (AvgIpc) is 2.84. The monoisotopic (exact) mass is 342 g/mol. The van der Waals surface area contributed by atoms with E-state index in [0.29, 0.717) is 18.4 Å². The molecule has 1 unspecified atom stereocenters. The smallest absolute Gasteiger partial charge is 0.437 e. The van der Waals surface area contributed by atoms with E-state index in [2.05, 4.69) is 4.74 Å². The van der Waals surface area contributed by atoms with Gasteiger partial charge in [0.15, 0.2) is 0 Å². The number of fused-ring (bicyclic) bond motifs is 1. The third-order valence-corrected chi connectivity index (χ3v) is 3.79. The van der Waals surface area contributed by atoms with Gasteiger partial charge in [0, 0.05) is 5.92 Å². The number of halogens is 6. The standard InChI is InChI=1S/C14H12F6O3/c15-13(16,17)12(22,14(18,19)20)11(21)23-7-9-6-5-8-3-1-2-4-10(8)9/h1-4,9,22H,5-7H2. The number of rotatable bonds is 3. The zero-order valence-electron chi connectivity index (χ0n) is 11.5. The fourth-order valence-corrected chi connectivity index (χ4v) is 2.49. The molecule has 0 heterocycles. The van der Waals surface area contributed by atoms with E-state index in [1.807, 2.05) is 0 Å². The van der Waals surface area contributed by atoms with Gasteiger partial charge in [-0.2, -0.15) is 26.3 Å². The van der Waals surface area contributed by atoms with Gasteiger partial charge in [0.2, 0.25) is 0 Å². The normalized spacial score (nSPS) is 18.7. The van der Waals surface area contributed by atoms with Crippen LogP contribution in [-0.2, 0) is 16.0 Å². The van der Waals surface area contributed by atoms with Crippen molar-refractivity contribution in [3.8, 4) is 0 Å². The second kappa shape index (κ2) is 5.70. The van der Waals surface area contributed by atoms with E-state index in [1.54, 1.807) is 24.3 Å². The summed E-state index contributed by atoms with van der Waals surface area (Å²) in [6.45, 7) is -0.662. The predicted molar refractivity (Wildman–Crippen MR) is 65.5 cm³/mol. The van der Waals surface area contributed by atoms with E-state index in [-0.39, 0.29) is 0 Å². The molecule has 1 aliphatic carbocycles. The molecule has 0 saturated heterocycles. The Morgan fingerprint density at radius 3 is 2.26 bits per heavy atom. The summed E-state index contributed by atoms with van der Waals surface area (Å²) >= 11 is 0. The lowest BCUT2D eigenvalue weighted by atomic mass is 10.0. The molecule has 1 N–H and O–H groups in total. The number of hydrogen-bond donors (Lipinski definition) is 1. The largest absolute Gasteiger partial charge is 0.462 e. The van der Waals surface area contributed by atoms with Crippen LogP contribution < -0.4 is 0 Å². The lowest BCUT2D eigenvalue weighted by molar-refractivity contribution is -0.357. The molecular weight excluding hydrogens is 330 g/mol. The van der Waals surface area contributed by atoms with Crippen LogP contribution in [0.5, 0.6) is 0 Å². The maximum atomic E-state index is 12.5. The highest BCUT2D eigenvalue weighted by atomic mass is 19.4. The van der Waals surface area contributed by atoms with Crippen molar-refractivity contribution in [3.63, 3.8) is 0 Å². The first-order chi connectivity index (χ1) is 10.5. The minimum Gasteiger partial charge on any atom is -0.462 e. The summed E-state index contributed by atoms with van der Waals surface area (Å²) in [6, 6.07) is 6.86. The Bertz CT molecular complexity index is 579. The Labute approximate surface area is 126 Å². The molecule has 1 aromatic rings. The van der Waals surface area contributed by atoms with Crippen LogP contribution in [0.1, 0.15) is 23.5 Å². The molecule has 0 aliphatic heterocycles. The van der Waals surface area contributed by atoms with Gasteiger partial charge in [0.25, 0.3) is 0 Å². The van der Waals surface area contributed by atoms with Crippen molar-refractivity contribution in [1.29, 1.82) is 0 Å². The predicted octanol–water partition coefficient (Wildman–Crippen LogP) is 3.12. The minimum absolute atomic E-state index is 0.434. The lowest BCUT2D eigenvalue weighted by Gasteiger charge is -2.30. The molecule has 23 heavy (non-hydrogen) atoms. The van der Waals surface area contributed by atoms with Gasteiger partial charge in [-0.1, -0.05) is 24.3 Å². The molecule has 0 fully saturated rings. The molecule has 0 spiro atoms. The van der Waals surface area contributed by atoms with Crippen LogP contribution in [0, 0.1) is 0 Å². The number of carbonyl (C=O) groups excluding carboxylic acids is 1. The summed E-state index contributed by atoms with van der Waals surface area (Å²) in [4.78, 5) is 11.3. The maximum Gasteiger partial charge on any atom is 0.437 e. The highest BCUT2D eigenvalue weighted by molar-refractivity contribution is 5.81. The number of ether oxygens (including phenoxy) is 1. The SMILES string of the molecule is O=C(OCC1CCc2ccccc21)C(O)(C(F)(F)F)C(F)(F)F. The van der Waals surface area contributed by atoms with Crippen molar-refractivity contribution >= 4 is 5.97 Å². The highest BCUT2D eigenvalue weighted by Gasteiger charge is 2.76. The second-order valence-electron chi connectivity index (χ2n) is 5.24. The summed E-state index contributed by atoms with van der Waals surface area (Å²) in [5.41, 5.74) is -3.92. The van der Waals surface area contributed by atoms with Gasteiger partial charge >= 0.3 is 23.9 Å². The molecular formula is C14H12F6O3. The van der Waals surface area contributed by atoms with E-state index in [1.165, 1.54) is 0 Å². The summed E-state index contributed by atoms with van der Waals surface area (Å²) < 4.78 is 79.3. The van der Waals surface area contributed by atoms with E-state index in [4.69, 9.17) is 5.11 Å². The number of hydrogen-bond acceptors (Lipinski definition) is 3. The maximum absolute atomic E-state index is 12.5. The van der Waals surface area contributed by atoms with Crippen LogP contribution in [0.15, 0.2) is 24.3 Å². The Morgan fingerprint density at radius 1 is 1.13 bits per heavy atom. The van der Waals surface area contributed by atoms with Gasteiger partial charge in [-0.25, -0.2) is 4.79 Å². The van der Waals surface area contributed by atoms with Gasteiger partial charge in [0.1, 0.15) is 0 Å². The van der Waals surface area contributed by atoms with Gasteiger partial charge < -0.3 is 9.84 Å². The number of aryl methyl sites for hydroxylation is 1. The molecule has 128 valence electrons. The molecule has 0 radical (unpaired) electrons. The molecule has 0 aromatic heterocycles. The highest BCUT2D eigenvalue weighted by Crippen LogP contribution is 2.44. The Morgan fingerprint density at radius 2 is 1.70 bits per heavy atom. The van der Waals surface area contributed by atoms with Crippen molar-refractivity contribution in [3.05, 3.63) is 35.4 Å². The van der Waals surface area contributed by atoms with E-state index < -0.39 is 36.4 Å². The molecule has 2 rings (SSSR count). The summed E-state index contributed by atoms with van der Waals surface area (Å²) in [7, 11) is 0. The Kier molecular flexibility index (Phi) is 4.36. The van der Waals surface area contributed by atoms with Crippen LogP contribution in [0.2, 0.25) is 0 Å². The fourth-order valence-electron chi connectivity index (χ4n) is 2.49. The first-order valence-electron chi connectivity index (χ1n) is 6.59. The number of esters is 1. The van der Waals surface area contributed by atoms with Gasteiger partial charge in [0.05, 0.1) is 6.61 Å². The van der Waals surface area contributed by atoms with E-state index >= 15 is 0 Å². The minimum atomic E-state index is -6.23. The molecule has 1 atom stereocenters. The van der Waals surface area contributed by atoms with Crippen molar-refractivity contribution in [2.75, 3.05) is 6.61 Å². The number of alkyl halides is 6. The van der Waals surface area contributed by atoms with E-state index in [0.717, 1.165) is 5.56 Å². The third-order valence-electron chi connectivity index (χ3n) is 3.79. The number of aliphatic hydroxyl groups is 1. The van der Waals surface area contributed by atoms with Crippen molar-refractivity contribution in [2.45, 2.75) is 36.7 Å². The molecule has 9 heteroatoms. The van der Waals surface area contributed by atoms with Gasteiger partial charge in [-0.3, -0.25) is 0 Å². The Hall–Kier alpha value is -1.77. The number of benzene rings is 1. The van der Waals surface area contributed by atoms with Crippen molar-refractivity contribution < 1.29 is 41.0 Å². The topological polar surface area (TPSA) is 46.5 Å². The van der Waals surface area contributed by atoms with Crippen molar-refractivity contribution in [2.24, 2.45) is 0 Å². The molecule has 0 bridgehead atoms. The number of carbonyl (C=O) groups is 1. The van der Waals surface area contributed by atoms with Crippen LogP contribution in [0.3, 0.4) is 0 Å². The molecule has 1 aromatic carbocycles. The Balaban J connectivity index is 2.13. The fraction of sp³-hybridized carbons (Fsp3) is 0.500. The summed E-state index contributed by atoms with van der Waals surface area (Å²) in [6.07, 6.45) is -11.4. The second-order valence-corrected chi connectivity index (χ2v) is 5.24. The third kappa shape index (κ3) is 3.01.